The molecule has 0 amide bonds. The molecule has 0 aliphatic rings. The second-order valence-electron chi connectivity index (χ2n) is 4.05. The van der Waals surface area contributed by atoms with Gasteiger partial charge in [-0.05, 0) is 36.2 Å². The summed E-state index contributed by atoms with van der Waals surface area (Å²) in [5, 5.41) is -0.846. The monoisotopic (exact) mass is 288 g/mol. The minimum Gasteiger partial charge on any atom is -0.207 e. The van der Waals surface area contributed by atoms with Gasteiger partial charge in [0.2, 0.25) is 0 Å². The largest absolute Gasteiger partial charge is 0.207 e. The van der Waals surface area contributed by atoms with E-state index in [-0.39, 0.29) is 17.5 Å². The van der Waals surface area contributed by atoms with Crippen LogP contribution in [0.15, 0.2) is 36.4 Å². The predicted octanol–water partition coefficient (Wildman–Crippen LogP) is 4.77. The molecule has 0 saturated heterocycles. The topological polar surface area (TPSA) is 0 Å². The molecule has 0 bridgehead atoms. The van der Waals surface area contributed by atoms with Gasteiger partial charge in [-0.15, -0.1) is 11.6 Å². The highest BCUT2D eigenvalue weighted by molar-refractivity contribution is 6.20. The molecule has 0 saturated carbocycles. The van der Waals surface area contributed by atoms with Crippen LogP contribution in [0.2, 0.25) is 0 Å². The number of halogens is 5. The predicted molar refractivity (Wildman–Crippen MR) is 65.0 cm³/mol. The highest BCUT2D eigenvalue weighted by Crippen LogP contribution is 2.28. The zero-order chi connectivity index (χ0) is 14.0. The maximum atomic E-state index is 13.4. The Kier molecular flexibility index (Phi) is 4.10. The molecule has 1 atom stereocenters. The van der Waals surface area contributed by atoms with E-state index in [0.717, 1.165) is 24.3 Å². The first-order valence-corrected chi connectivity index (χ1v) is 5.94. The van der Waals surface area contributed by atoms with Gasteiger partial charge in [0.15, 0.2) is 11.6 Å². The Morgan fingerprint density at radius 3 is 2.05 bits per heavy atom. The second kappa shape index (κ2) is 5.61. The van der Waals surface area contributed by atoms with Crippen LogP contribution in [0.1, 0.15) is 16.5 Å². The van der Waals surface area contributed by atoms with E-state index in [4.69, 9.17) is 11.6 Å². The molecule has 1 unspecified atom stereocenters. The van der Waals surface area contributed by atoms with Gasteiger partial charge in [0.25, 0.3) is 0 Å². The van der Waals surface area contributed by atoms with Gasteiger partial charge in [-0.1, -0.05) is 12.1 Å². The van der Waals surface area contributed by atoms with Gasteiger partial charge in [0.05, 0.1) is 5.38 Å². The first-order chi connectivity index (χ1) is 8.99. The van der Waals surface area contributed by atoms with E-state index in [1.165, 1.54) is 12.1 Å². The summed E-state index contributed by atoms with van der Waals surface area (Å²) in [5.41, 5.74) is 0.0930. The van der Waals surface area contributed by atoms with E-state index >= 15 is 0 Å². The lowest BCUT2D eigenvalue weighted by Gasteiger charge is -2.11. The van der Waals surface area contributed by atoms with Gasteiger partial charge in [-0.25, -0.2) is 17.6 Å². The fraction of sp³-hybridized carbons (Fsp3) is 0.143. The first-order valence-electron chi connectivity index (χ1n) is 5.51. The van der Waals surface area contributed by atoms with Gasteiger partial charge in [-0.3, -0.25) is 0 Å². The van der Waals surface area contributed by atoms with Gasteiger partial charge in [0.1, 0.15) is 11.6 Å². The highest BCUT2D eigenvalue weighted by Gasteiger charge is 2.16. The second-order valence-corrected chi connectivity index (χ2v) is 4.57. The third kappa shape index (κ3) is 3.07. The third-order valence-electron chi connectivity index (χ3n) is 2.75. The van der Waals surface area contributed by atoms with Gasteiger partial charge < -0.3 is 0 Å². The molecule has 0 fully saturated rings. The summed E-state index contributed by atoms with van der Waals surface area (Å²) in [6, 6.07) is 6.62. The molecule has 0 nitrogen and oxygen atoms in total. The zero-order valence-electron chi connectivity index (χ0n) is 9.64. The van der Waals surface area contributed by atoms with E-state index in [1.807, 2.05) is 0 Å². The molecule has 2 rings (SSSR count). The minimum absolute atomic E-state index is 0.148. The molecule has 0 aromatic heterocycles. The molecule has 2 aromatic carbocycles. The van der Waals surface area contributed by atoms with Crippen LogP contribution >= 0.6 is 11.6 Å². The lowest BCUT2D eigenvalue weighted by Crippen LogP contribution is -2.02. The fourth-order valence-electron chi connectivity index (χ4n) is 1.73. The minimum atomic E-state index is -1.04. The van der Waals surface area contributed by atoms with Crippen molar-refractivity contribution >= 4 is 11.6 Å². The van der Waals surface area contributed by atoms with Crippen LogP contribution in [0.4, 0.5) is 17.6 Å². The van der Waals surface area contributed by atoms with Crippen molar-refractivity contribution in [2.45, 2.75) is 11.8 Å². The van der Waals surface area contributed by atoms with Gasteiger partial charge >= 0.3 is 0 Å². The molecule has 0 N–H and O–H groups in total. The lowest BCUT2D eigenvalue weighted by molar-refractivity contribution is 0.506. The lowest BCUT2D eigenvalue weighted by atomic mass is 10.0. The Labute approximate surface area is 112 Å². The molecule has 0 aliphatic carbocycles. The third-order valence-corrected chi connectivity index (χ3v) is 3.16. The normalized spacial score (nSPS) is 12.5. The van der Waals surface area contributed by atoms with E-state index in [0.29, 0.717) is 0 Å². The van der Waals surface area contributed by atoms with E-state index in [2.05, 4.69) is 0 Å². The van der Waals surface area contributed by atoms with Crippen LogP contribution < -0.4 is 0 Å². The summed E-state index contributed by atoms with van der Waals surface area (Å²) in [7, 11) is 0. The molecular weight excluding hydrogens is 280 g/mol. The summed E-state index contributed by atoms with van der Waals surface area (Å²) < 4.78 is 52.7. The number of rotatable bonds is 3. The average Bonchev–Trinajstić information content (AvgIpc) is 2.37. The van der Waals surface area contributed by atoms with Crippen molar-refractivity contribution in [3.8, 4) is 0 Å². The molecule has 100 valence electrons. The average molecular weight is 289 g/mol. The molecule has 5 heteroatoms. The maximum Gasteiger partial charge on any atom is 0.159 e. The number of benzene rings is 2. The summed E-state index contributed by atoms with van der Waals surface area (Å²) in [4.78, 5) is 0. The van der Waals surface area contributed by atoms with Gasteiger partial charge in [-0.2, -0.15) is 0 Å². The summed E-state index contributed by atoms with van der Waals surface area (Å²) in [6.45, 7) is 0. The van der Waals surface area contributed by atoms with Crippen molar-refractivity contribution in [3.63, 3.8) is 0 Å². The molecule has 19 heavy (non-hydrogen) atoms. The maximum absolute atomic E-state index is 13.4. The van der Waals surface area contributed by atoms with E-state index in [1.54, 1.807) is 0 Å². The summed E-state index contributed by atoms with van der Waals surface area (Å²) in [5.74, 6) is -3.47. The number of hydrogen-bond acceptors (Lipinski definition) is 0. The van der Waals surface area contributed by atoms with Crippen LogP contribution in [0.3, 0.4) is 0 Å². The van der Waals surface area contributed by atoms with Crippen LogP contribution in [-0.2, 0) is 6.42 Å². The van der Waals surface area contributed by atoms with Crippen molar-refractivity contribution in [1.82, 2.24) is 0 Å². The Bertz CT molecular complexity index is 578. The van der Waals surface area contributed by atoms with Crippen LogP contribution in [0.25, 0.3) is 0 Å². The number of hydrogen-bond donors (Lipinski definition) is 0. The zero-order valence-corrected chi connectivity index (χ0v) is 10.4. The Hall–Kier alpha value is -1.55. The molecule has 0 radical (unpaired) electrons. The smallest absolute Gasteiger partial charge is 0.159 e. The number of alkyl halides is 1. The quantitative estimate of drug-likeness (QED) is 0.564. The van der Waals surface area contributed by atoms with E-state index in [9.17, 15) is 17.6 Å². The summed E-state index contributed by atoms with van der Waals surface area (Å²) >= 11 is 5.99. The molecule has 0 heterocycles. The van der Waals surface area contributed by atoms with Crippen LogP contribution in [-0.4, -0.2) is 0 Å². The molecule has 0 spiro atoms. The van der Waals surface area contributed by atoms with Crippen molar-refractivity contribution in [3.05, 3.63) is 70.8 Å². The van der Waals surface area contributed by atoms with Crippen molar-refractivity contribution < 1.29 is 17.6 Å². The SMILES string of the molecule is Fc1ccc(C(Cl)Cc2c(F)cccc2F)cc1F. The van der Waals surface area contributed by atoms with Crippen molar-refractivity contribution in [2.24, 2.45) is 0 Å². The van der Waals surface area contributed by atoms with Crippen LogP contribution in [0, 0.1) is 23.3 Å². The van der Waals surface area contributed by atoms with Gasteiger partial charge in [0, 0.05) is 5.56 Å². The summed E-state index contributed by atoms with van der Waals surface area (Å²) in [6.07, 6.45) is -0.148. The Morgan fingerprint density at radius 2 is 1.47 bits per heavy atom. The molecule has 0 aliphatic heterocycles. The standard InChI is InChI=1S/C14H9ClF4/c15-10(8-4-5-13(18)14(19)6-8)7-9-11(16)2-1-3-12(9)17/h1-6,10H,7H2. The fourth-order valence-corrected chi connectivity index (χ4v) is 2.02. The highest BCUT2D eigenvalue weighted by atomic mass is 35.5. The molecule has 2 aromatic rings. The molecular formula is C14H9ClF4. The first kappa shape index (κ1) is 13.9. The van der Waals surface area contributed by atoms with E-state index < -0.39 is 28.6 Å². The van der Waals surface area contributed by atoms with Crippen molar-refractivity contribution in [1.29, 1.82) is 0 Å². The Balaban J connectivity index is 2.25. The van der Waals surface area contributed by atoms with Crippen LogP contribution in [0.5, 0.6) is 0 Å². The van der Waals surface area contributed by atoms with Crippen molar-refractivity contribution in [2.75, 3.05) is 0 Å². The Morgan fingerprint density at radius 1 is 0.842 bits per heavy atom.